The van der Waals surface area contributed by atoms with Gasteiger partial charge in [-0.05, 0) is 56.2 Å². The van der Waals surface area contributed by atoms with Crippen LogP contribution in [-0.2, 0) is 17.0 Å². The zero-order valence-corrected chi connectivity index (χ0v) is 20.8. The van der Waals surface area contributed by atoms with Crippen molar-refractivity contribution in [3.05, 3.63) is 99.1 Å². The smallest absolute Gasteiger partial charge is 0.257 e. The number of nitrogens with zero attached hydrogens (tertiary/aromatic N) is 3. The SMILES string of the molecule is CC(=O)c1cc(F)c2c(c1)C(=O)N(Cc1ccc(C#N)cn1)[C@@]2(OCC1(CO)CC1)c1ccc(Cl)cc1. The molecule has 0 unspecified atom stereocenters. The van der Waals surface area contributed by atoms with Crippen LogP contribution in [-0.4, -0.2) is 39.9 Å². The van der Waals surface area contributed by atoms with Crippen molar-refractivity contribution in [2.75, 3.05) is 13.2 Å². The summed E-state index contributed by atoms with van der Waals surface area (Å²) < 4.78 is 22.5. The number of amides is 1. The number of nitriles is 1. The van der Waals surface area contributed by atoms with Crippen LogP contribution in [0, 0.1) is 22.6 Å². The first kappa shape index (κ1) is 25.0. The molecule has 0 bridgehead atoms. The Morgan fingerprint density at radius 2 is 1.97 bits per heavy atom. The first-order chi connectivity index (χ1) is 17.7. The number of ether oxygens (including phenoxy) is 1. The Labute approximate surface area is 218 Å². The molecule has 0 spiro atoms. The van der Waals surface area contributed by atoms with Crippen LogP contribution < -0.4 is 0 Å². The van der Waals surface area contributed by atoms with E-state index in [2.05, 4.69) is 4.98 Å². The molecule has 7 nitrogen and oxygen atoms in total. The summed E-state index contributed by atoms with van der Waals surface area (Å²) in [6.07, 6.45) is 2.88. The van der Waals surface area contributed by atoms with Crippen LogP contribution in [0.25, 0.3) is 0 Å². The summed E-state index contributed by atoms with van der Waals surface area (Å²) in [5.74, 6) is -1.67. The molecule has 0 saturated heterocycles. The van der Waals surface area contributed by atoms with Crippen molar-refractivity contribution in [1.82, 2.24) is 9.88 Å². The van der Waals surface area contributed by atoms with Gasteiger partial charge in [-0.3, -0.25) is 19.5 Å². The highest BCUT2D eigenvalue weighted by atomic mass is 35.5. The number of pyridine rings is 1. The van der Waals surface area contributed by atoms with Crippen LogP contribution in [0.2, 0.25) is 5.02 Å². The van der Waals surface area contributed by atoms with Crippen molar-refractivity contribution in [3.63, 3.8) is 0 Å². The number of benzene rings is 2. The Bertz CT molecular complexity index is 1430. The monoisotopic (exact) mass is 519 g/mol. The molecule has 5 rings (SSSR count). The van der Waals surface area contributed by atoms with Gasteiger partial charge in [0.2, 0.25) is 0 Å². The van der Waals surface area contributed by atoms with E-state index >= 15 is 4.39 Å². The number of hydrogen-bond acceptors (Lipinski definition) is 6. The van der Waals surface area contributed by atoms with E-state index in [1.54, 1.807) is 36.4 Å². The third-order valence-electron chi connectivity index (χ3n) is 7.08. The number of halogens is 2. The van der Waals surface area contributed by atoms with E-state index in [1.165, 1.54) is 24.1 Å². The Balaban J connectivity index is 1.72. The molecular weight excluding hydrogens is 497 g/mol. The molecule has 0 radical (unpaired) electrons. The van der Waals surface area contributed by atoms with E-state index in [9.17, 15) is 14.7 Å². The summed E-state index contributed by atoms with van der Waals surface area (Å²) in [5.41, 5.74) is -0.832. The zero-order chi connectivity index (χ0) is 26.4. The van der Waals surface area contributed by atoms with Crippen molar-refractivity contribution in [3.8, 4) is 6.07 Å². The number of aliphatic hydroxyl groups excluding tert-OH is 1. The number of Topliss-reactive ketones (excluding diaryl/α,β-unsaturated/α-hetero) is 1. The summed E-state index contributed by atoms with van der Waals surface area (Å²) >= 11 is 6.15. The topological polar surface area (TPSA) is 104 Å². The average Bonchev–Trinajstić information content (AvgIpc) is 3.65. The highest BCUT2D eigenvalue weighted by molar-refractivity contribution is 6.30. The molecule has 188 valence electrons. The van der Waals surface area contributed by atoms with E-state index in [0.717, 1.165) is 18.9 Å². The van der Waals surface area contributed by atoms with Gasteiger partial charge in [0, 0.05) is 27.8 Å². The van der Waals surface area contributed by atoms with Crippen molar-refractivity contribution in [2.45, 2.75) is 32.0 Å². The quantitative estimate of drug-likeness (QED) is 0.436. The number of fused-ring (bicyclic) bond motifs is 1. The maximum absolute atomic E-state index is 15.9. The van der Waals surface area contributed by atoms with Crippen molar-refractivity contribution in [1.29, 1.82) is 5.26 Å². The minimum atomic E-state index is -1.71. The molecule has 1 atom stereocenters. The molecule has 1 amide bonds. The molecule has 1 N–H and O–H groups in total. The lowest BCUT2D eigenvalue weighted by Crippen LogP contribution is -2.48. The molecule has 2 aliphatic rings. The maximum atomic E-state index is 15.9. The number of aliphatic hydroxyl groups is 1. The number of hydrogen-bond donors (Lipinski definition) is 1. The molecule has 2 heterocycles. The van der Waals surface area contributed by atoms with E-state index in [4.69, 9.17) is 21.6 Å². The molecule has 1 aliphatic carbocycles. The second kappa shape index (κ2) is 9.34. The summed E-state index contributed by atoms with van der Waals surface area (Å²) in [4.78, 5) is 31.7. The molecule has 37 heavy (non-hydrogen) atoms. The predicted molar refractivity (Wildman–Crippen MR) is 132 cm³/mol. The van der Waals surface area contributed by atoms with E-state index in [1.807, 2.05) is 6.07 Å². The molecule has 1 fully saturated rings. The standard InChI is InChI=1S/C28H23ClFN3O4/c1-17(35)19-10-23-25(24(30)11-19)28(20-3-5-21(29)6-4-20,37-16-27(15-34)8-9-27)33(26(23)36)14-22-7-2-18(12-31)13-32-22/h2-7,10-11,13,34H,8-9,14-16H2,1H3/t28-/m1/s1. The third kappa shape index (κ3) is 4.29. The molecule has 9 heteroatoms. The third-order valence-corrected chi connectivity index (χ3v) is 7.33. The van der Waals surface area contributed by atoms with Gasteiger partial charge in [0.25, 0.3) is 5.91 Å². The molecule has 1 aliphatic heterocycles. The number of carbonyl (C=O) groups is 2. The zero-order valence-electron chi connectivity index (χ0n) is 20.0. The lowest BCUT2D eigenvalue weighted by Gasteiger charge is -2.40. The lowest BCUT2D eigenvalue weighted by molar-refractivity contribution is -0.130. The lowest BCUT2D eigenvalue weighted by atomic mass is 9.91. The summed E-state index contributed by atoms with van der Waals surface area (Å²) in [7, 11) is 0. The van der Waals surface area contributed by atoms with Crippen molar-refractivity contribution < 1.29 is 23.8 Å². The first-order valence-corrected chi connectivity index (χ1v) is 12.1. The van der Waals surface area contributed by atoms with E-state index in [-0.39, 0.29) is 42.2 Å². The van der Waals surface area contributed by atoms with E-state index < -0.39 is 22.9 Å². The fourth-order valence-electron chi connectivity index (χ4n) is 4.67. The molecular formula is C28H23ClFN3O4. The van der Waals surface area contributed by atoms with Gasteiger partial charge in [-0.1, -0.05) is 23.7 Å². The van der Waals surface area contributed by atoms with Gasteiger partial charge >= 0.3 is 0 Å². The van der Waals surface area contributed by atoms with Crippen molar-refractivity contribution in [2.24, 2.45) is 5.41 Å². The summed E-state index contributed by atoms with van der Waals surface area (Å²) in [6.45, 7) is 1.21. The fourth-order valence-corrected chi connectivity index (χ4v) is 4.79. The number of carbonyl (C=O) groups excluding carboxylic acids is 2. The first-order valence-electron chi connectivity index (χ1n) is 11.8. The van der Waals surface area contributed by atoms with Gasteiger partial charge < -0.3 is 9.84 Å². The summed E-state index contributed by atoms with van der Waals surface area (Å²) in [6, 6.07) is 14.3. The minimum absolute atomic E-state index is 0.00722. The number of rotatable bonds is 8. The van der Waals surface area contributed by atoms with Gasteiger partial charge in [0.1, 0.15) is 11.9 Å². The van der Waals surface area contributed by atoms with Gasteiger partial charge in [-0.15, -0.1) is 0 Å². The van der Waals surface area contributed by atoms with Gasteiger partial charge in [-0.25, -0.2) is 4.39 Å². The van der Waals surface area contributed by atoms with Gasteiger partial charge in [0.15, 0.2) is 11.5 Å². The fraction of sp³-hybridized carbons (Fsp3) is 0.286. The van der Waals surface area contributed by atoms with Crippen LogP contribution in [0.5, 0.6) is 0 Å². The van der Waals surface area contributed by atoms with Crippen LogP contribution in [0.4, 0.5) is 4.39 Å². The largest absolute Gasteiger partial charge is 0.396 e. The Morgan fingerprint density at radius 3 is 2.54 bits per heavy atom. The number of ketones is 1. The van der Waals surface area contributed by atoms with Gasteiger partial charge in [0.05, 0.1) is 42.1 Å². The van der Waals surface area contributed by atoms with E-state index in [0.29, 0.717) is 21.8 Å². The number of aromatic nitrogens is 1. The van der Waals surface area contributed by atoms with Crippen LogP contribution >= 0.6 is 11.6 Å². The highest BCUT2D eigenvalue weighted by Gasteiger charge is 2.56. The Hall–Kier alpha value is -3.64. The summed E-state index contributed by atoms with van der Waals surface area (Å²) in [5, 5.41) is 19.5. The van der Waals surface area contributed by atoms with Crippen LogP contribution in [0.3, 0.4) is 0 Å². The second-order valence-corrected chi connectivity index (χ2v) is 10.0. The molecule has 3 aromatic rings. The molecule has 2 aromatic carbocycles. The van der Waals surface area contributed by atoms with Crippen LogP contribution in [0.15, 0.2) is 54.7 Å². The normalized spacial score (nSPS) is 19.4. The molecule has 1 saturated carbocycles. The predicted octanol–water partition coefficient (Wildman–Crippen LogP) is 4.59. The van der Waals surface area contributed by atoms with Gasteiger partial charge in [-0.2, -0.15) is 5.26 Å². The Kier molecular flexibility index (Phi) is 6.32. The minimum Gasteiger partial charge on any atom is -0.396 e. The highest BCUT2D eigenvalue weighted by Crippen LogP contribution is 2.52. The maximum Gasteiger partial charge on any atom is 0.257 e. The van der Waals surface area contributed by atoms with Crippen LogP contribution in [0.1, 0.15) is 62.9 Å². The molecule has 1 aromatic heterocycles. The van der Waals surface area contributed by atoms with Crippen molar-refractivity contribution >= 4 is 23.3 Å². The second-order valence-electron chi connectivity index (χ2n) is 9.58. The Morgan fingerprint density at radius 1 is 1.24 bits per heavy atom. The average molecular weight is 520 g/mol.